The summed E-state index contributed by atoms with van der Waals surface area (Å²) in [6.45, 7) is 0. The lowest BCUT2D eigenvalue weighted by Crippen LogP contribution is -2.01. The number of carboxylic acids is 1. The fraction of sp³-hybridized carbons (Fsp3) is 0.182. The molecule has 0 saturated carbocycles. The summed E-state index contributed by atoms with van der Waals surface area (Å²) < 4.78 is 5.13. The third kappa shape index (κ3) is 4.44. The molecule has 138 valence electrons. The van der Waals surface area contributed by atoms with Crippen LogP contribution < -0.4 is 4.74 Å². The van der Waals surface area contributed by atoms with Crippen LogP contribution in [0.15, 0.2) is 54.6 Å². The number of aliphatic carboxylic acids is 1. The number of ketones is 1. The monoisotopic (exact) mass is 363 g/mol. The van der Waals surface area contributed by atoms with Crippen LogP contribution in [-0.4, -0.2) is 29.0 Å². The molecule has 0 amide bonds. The summed E-state index contributed by atoms with van der Waals surface area (Å²) >= 11 is 0. The zero-order valence-electron chi connectivity index (χ0n) is 15.1. The second kappa shape index (κ2) is 8.36. The number of ether oxygens (including phenoxy) is 1. The molecule has 0 atom stereocenters. The molecule has 0 spiro atoms. The normalized spacial score (nSPS) is 11.1. The number of aromatic nitrogens is 1. The highest BCUT2D eigenvalue weighted by Gasteiger charge is 2.16. The molecule has 0 radical (unpaired) electrons. The van der Waals surface area contributed by atoms with E-state index < -0.39 is 5.97 Å². The van der Waals surface area contributed by atoms with E-state index in [1.807, 2.05) is 48.5 Å². The second-order valence-corrected chi connectivity index (χ2v) is 6.24. The number of carbonyl (C=O) groups is 2. The third-order valence-electron chi connectivity index (χ3n) is 4.39. The molecule has 5 heteroatoms. The number of rotatable bonds is 8. The van der Waals surface area contributed by atoms with Gasteiger partial charge in [0.2, 0.25) is 0 Å². The van der Waals surface area contributed by atoms with Gasteiger partial charge in [-0.1, -0.05) is 36.4 Å². The quantitative estimate of drug-likeness (QED) is 0.457. The van der Waals surface area contributed by atoms with Crippen molar-refractivity contribution < 1.29 is 19.4 Å². The number of hydrogen-bond donors (Lipinski definition) is 2. The predicted molar refractivity (Wildman–Crippen MR) is 105 cm³/mol. The third-order valence-corrected chi connectivity index (χ3v) is 4.39. The van der Waals surface area contributed by atoms with E-state index >= 15 is 0 Å². The summed E-state index contributed by atoms with van der Waals surface area (Å²) in [4.78, 5) is 26.9. The van der Waals surface area contributed by atoms with Gasteiger partial charge in [0.25, 0.3) is 0 Å². The van der Waals surface area contributed by atoms with Crippen LogP contribution in [0.25, 0.3) is 17.0 Å². The minimum Gasteiger partial charge on any atom is -0.497 e. The van der Waals surface area contributed by atoms with Crippen LogP contribution in [0.4, 0.5) is 0 Å². The van der Waals surface area contributed by atoms with Gasteiger partial charge in [0.1, 0.15) is 5.75 Å². The Morgan fingerprint density at radius 2 is 1.85 bits per heavy atom. The lowest BCUT2D eigenvalue weighted by Gasteiger charge is -2.02. The fourth-order valence-corrected chi connectivity index (χ4v) is 3.05. The van der Waals surface area contributed by atoms with Crippen LogP contribution in [0.1, 0.15) is 34.5 Å². The van der Waals surface area contributed by atoms with Gasteiger partial charge in [-0.25, -0.2) is 0 Å². The van der Waals surface area contributed by atoms with Crippen molar-refractivity contribution in [2.75, 3.05) is 7.11 Å². The van der Waals surface area contributed by atoms with Crippen LogP contribution in [0.3, 0.4) is 0 Å². The molecule has 0 bridgehead atoms. The maximum atomic E-state index is 12.9. The van der Waals surface area contributed by atoms with E-state index in [1.54, 1.807) is 19.3 Å². The van der Waals surface area contributed by atoms with Gasteiger partial charge in [-0.15, -0.1) is 0 Å². The molecule has 0 saturated heterocycles. The molecule has 0 unspecified atom stereocenters. The van der Waals surface area contributed by atoms with E-state index in [0.29, 0.717) is 18.4 Å². The van der Waals surface area contributed by atoms with Crippen molar-refractivity contribution in [1.82, 2.24) is 4.98 Å². The van der Waals surface area contributed by atoms with E-state index in [2.05, 4.69) is 4.98 Å². The van der Waals surface area contributed by atoms with Crippen LogP contribution in [0, 0.1) is 0 Å². The first-order valence-corrected chi connectivity index (χ1v) is 8.76. The minimum absolute atomic E-state index is 0.0741. The number of benzene rings is 2. The fourth-order valence-electron chi connectivity index (χ4n) is 3.05. The first-order valence-electron chi connectivity index (χ1n) is 8.76. The molecular weight excluding hydrogens is 342 g/mol. The number of aromatic amines is 1. The zero-order valence-corrected chi connectivity index (χ0v) is 15.1. The van der Waals surface area contributed by atoms with Crippen LogP contribution in [0.2, 0.25) is 0 Å². The first-order chi connectivity index (χ1) is 13.1. The molecule has 3 rings (SSSR count). The van der Waals surface area contributed by atoms with Gasteiger partial charge in [0, 0.05) is 23.0 Å². The number of carboxylic acid groups (broad SMARTS) is 1. The van der Waals surface area contributed by atoms with Gasteiger partial charge in [-0.2, -0.15) is 0 Å². The Hall–Kier alpha value is -3.34. The molecule has 5 nitrogen and oxygen atoms in total. The molecule has 2 N–H and O–H groups in total. The van der Waals surface area contributed by atoms with Gasteiger partial charge in [-0.3, -0.25) is 9.59 Å². The van der Waals surface area contributed by atoms with Crippen LogP contribution in [0.5, 0.6) is 5.75 Å². The summed E-state index contributed by atoms with van der Waals surface area (Å²) in [5.41, 5.74) is 3.17. The lowest BCUT2D eigenvalue weighted by atomic mass is 10.0. The molecule has 0 aliphatic heterocycles. The number of allylic oxidation sites excluding steroid dienone is 1. The van der Waals surface area contributed by atoms with Crippen molar-refractivity contribution in [3.05, 3.63) is 71.4 Å². The SMILES string of the molecule is COc1ccc(C=CC(=O)c2c(CCCC(=O)O)[nH]c3ccccc23)cc1. The van der Waals surface area contributed by atoms with Crippen LogP contribution in [-0.2, 0) is 11.2 Å². The molecule has 0 fully saturated rings. The van der Waals surface area contributed by atoms with E-state index in [4.69, 9.17) is 9.84 Å². The van der Waals surface area contributed by atoms with Gasteiger partial charge in [-0.05, 0) is 42.7 Å². The Kier molecular flexibility index (Phi) is 5.71. The molecule has 0 aliphatic carbocycles. The highest BCUT2D eigenvalue weighted by Crippen LogP contribution is 2.25. The highest BCUT2D eigenvalue weighted by molar-refractivity contribution is 6.15. The Bertz CT molecular complexity index is 983. The zero-order chi connectivity index (χ0) is 19.2. The average molecular weight is 363 g/mol. The standard InChI is InChI=1S/C22H21NO4/c1-27-16-12-9-15(10-13-16)11-14-20(24)22-17-5-2-3-6-18(17)23-19(22)7-4-8-21(25)26/h2-3,5-6,9-14,23H,4,7-8H2,1H3,(H,25,26). The highest BCUT2D eigenvalue weighted by atomic mass is 16.5. The number of carbonyl (C=O) groups excluding carboxylic acids is 1. The van der Waals surface area contributed by atoms with E-state index in [0.717, 1.165) is 27.9 Å². The van der Waals surface area contributed by atoms with Crippen molar-refractivity contribution in [3.8, 4) is 5.75 Å². The topological polar surface area (TPSA) is 79.4 Å². The molecule has 1 aromatic heterocycles. The molecule has 2 aromatic carbocycles. The predicted octanol–water partition coefficient (Wildman–Crippen LogP) is 4.48. The first kappa shape index (κ1) is 18.5. The van der Waals surface area contributed by atoms with E-state index in [-0.39, 0.29) is 12.2 Å². The molecule has 27 heavy (non-hydrogen) atoms. The van der Waals surface area contributed by atoms with E-state index in [9.17, 15) is 9.59 Å². The Morgan fingerprint density at radius 3 is 2.56 bits per heavy atom. The number of methoxy groups -OCH3 is 1. The maximum absolute atomic E-state index is 12.9. The van der Waals surface area contributed by atoms with Gasteiger partial charge >= 0.3 is 5.97 Å². The molecule has 3 aromatic rings. The lowest BCUT2D eigenvalue weighted by molar-refractivity contribution is -0.137. The van der Waals surface area contributed by atoms with E-state index in [1.165, 1.54) is 0 Å². The van der Waals surface area contributed by atoms with Crippen molar-refractivity contribution in [2.45, 2.75) is 19.3 Å². The molecule has 0 aliphatic rings. The van der Waals surface area contributed by atoms with Crippen molar-refractivity contribution in [1.29, 1.82) is 0 Å². The smallest absolute Gasteiger partial charge is 0.303 e. The van der Waals surface area contributed by atoms with Crippen molar-refractivity contribution >= 4 is 28.7 Å². The minimum atomic E-state index is -0.835. The van der Waals surface area contributed by atoms with Gasteiger partial charge in [0.15, 0.2) is 5.78 Å². The number of aryl methyl sites for hydroxylation is 1. The van der Waals surface area contributed by atoms with Crippen molar-refractivity contribution in [2.24, 2.45) is 0 Å². The summed E-state index contributed by atoms with van der Waals surface area (Å²) in [5.74, 6) is -0.178. The van der Waals surface area contributed by atoms with Crippen molar-refractivity contribution in [3.63, 3.8) is 0 Å². The molecular formula is C22H21NO4. The van der Waals surface area contributed by atoms with Gasteiger partial charge < -0.3 is 14.8 Å². The van der Waals surface area contributed by atoms with Gasteiger partial charge in [0.05, 0.1) is 12.7 Å². The molecule has 1 heterocycles. The summed E-state index contributed by atoms with van der Waals surface area (Å²) in [6, 6.07) is 15.1. The second-order valence-electron chi connectivity index (χ2n) is 6.24. The largest absolute Gasteiger partial charge is 0.497 e. The summed E-state index contributed by atoms with van der Waals surface area (Å²) in [7, 11) is 1.61. The average Bonchev–Trinajstić information content (AvgIpc) is 3.04. The maximum Gasteiger partial charge on any atom is 0.303 e. The number of nitrogens with one attached hydrogen (secondary N) is 1. The van der Waals surface area contributed by atoms with Crippen LogP contribution >= 0.6 is 0 Å². The Labute approximate surface area is 157 Å². The Balaban J connectivity index is 1.87. The summed E-state index contributed by atoms with van der Waals surface area (Å²) in [6.07, 6.45) is 4.39. The number of fused-ring (bicyclic) bond motifs is 1. The summed E-state index contributed by atoms with van der Waals surface area (Å²) in [5, 5.41) is 9.71. The number of para-hydroxylation sites is 1. The number of hydrogen-bond acceptors (Lipinski definition) is 3. The Morgan fingerprint density at radius 1 is 1.11 bits per heavy atom. The number of H-pyrrole nitrogens is 1.